The van der Waals surface area contributed by atoms with Gasteiger partial charge in [0.05, 0.1) is 12.8 Å². The van der Waals surface area contributed by atoms with E-state index in [1.807, 2.05) is 12.3 Å². The summed E-state index contributed by atoms with van der Waals surface area (Å²) < 4.78 is 5.15. The molecule has 0 saturated heterocycles. The molecule has 1 amide bonds. The summed E-state index contributed by atoms with van der Waals surface area (Å²) in [5.41, 5.74) is 4.53. The highest BCUT2D eigenvalue weighted by Gasteiger charge is 2.28. The fourth-order valence-electron chi connectivity index (χ4n) is 3.16. The number of fused-ring (bicyclic) bond motifs is 2. The van der Waals surface area contributed by atoms with Gasteiger partial charge in [0.25, 0.3) is 5.91 Å². The molecule has 1 aromatic carbocycles. The van der Waals surface area contributed by atoms with E-state index in [0.717, 1.165) is 24.8 Å². The Morgan fingerprint density at radius 1 is 1.45 bits per heavy atom. The van der Waals surface area contributed by atoms with E-state index >= 15 is 0 Å². The maximum absolute atomic E-state index is 12.4. The van der Waals surface area contributed by atoms with Crippen LogP contribution in [0.4, 0.5) is 0 Å². The fraction of sp³-hybridized carbons (Fsp3) is 0.333. The molecular weight excluding hydrogens is 281 g/mol. The van der Waals surface area contributed by atoms with Crippen molar-refractivity contribution in [3.05, 3.63) is 46.8 Å². The van der Waals surface area contributed by atoms with Crippen molar-refractivity contribution in [1.82, 2.24) is 15.5 Å². The Labute approximate surface area is 128 Å². The van der Waals surface area contributed by atoms with Gasteiger partial charge < -0.3 is 15.0 Å². The van der Waals surface area contributed by atoms with Gasteiger partial charge in [-0.15, -0.1) is 0 Å². The standard InChI is InChI=1S/C15H16BN3O3/c20-15(9-1-2-10-8-22-16(21)13(10)6-9)18-12-3-4-14-11(5-12)7-17-19-14/h1-2,6-7,12,21H,3-5,8H2,(H,17,19)(H,18,20). The Balaban J connectivity index is 1.48. The zero-order valence-electron chi connectivity index (χ0n) is 12.0. The highest BCUT2D eigenvalue weighted by molar-refractivity contribution is 6.61. The number of benzene rings is 1. The first-order valence-corrected chi connectivity index (χ1v) is 7.45. The molecule has 3 N–H and O–H groups in total. The molecule has 0 bridgehead atoms. The van der Waals surface area contributed by atoms with Crippen molar-refractivity contribution < 1.29 is 14.5 Å². The van der Waals surface area contributed by atoms with Crippen LogP contribution in [0.2, 0.25) is 0 Å². The average molecular weight is 297 g/mol. The van der Waals surface area contributed by atoms with E-state index in [1.54, 1.807) is 12.1 Å². The number of carbonyl (C=O) groups excluding carboxylic acids is 1. The molecule has 0 spiro atoms. The summed E-state index contributed by atoms with van der Waals surface area (Å²) >= 11 is 0. The second kappa shape index (κ2) is 5.26. The molecule has 1 aliphatic carbocycles. The van der Waals surface area contributed by atoms with Gasteiger partial charge in [0.2, 0.25) is 0 Å². The van der Waals surface area contributed by atoms with Crippen LogP contribution < -0.4 is 10.8 Å². The number of carbonyl (C=O) groups is 1. The van der Waals surface area contributed by atoms with E-state index in [2.05, 4.69) is 15.5 Å². The lowest BCUT2D eigenvalue weighted by molar-refractivity contribution is 0.0933. The molecule has 22 heavy (non-hydrogen) atoms. The van der Waals surface area contributed by atoms with Crippen molar-refractivity contribution in [2.75, 3.05) is 0 Å². The van der Waals surface area contributed by atoms with Crippen molar-refractivity contribution in [2.24, 2.45) is 0 Å². The first-order chi connectivity index (χ1) is 10.7. The minimum absolute atomic E-state index is 0.112. The highest BCUT2D eigenvalue weighted by Crippen LogP contribution is 2.19. The van der Waals surface area contributed by atoms with Gasteiger partial charge in [-0.05, 0) is 48.0 Å². The number of nitrogens with one attached hydrogen (secondary N) is 2. The van der Waals surface area contributed by atoms with Gasteiger partial charge in [-0.25, -0.2) is 0 Å². The summed E-state index contributed by atoms with van der Waals surface area (Å²) in [5, 5.41) is 19.8. The van der Waals surface area contributed by atoms with Gasteiger partial charge >= 0.3 is 7.12 Å². The average Bonchev–Trinajstić information content (AvgIpc) is 3.13. The Morgan fingerprint density at radius 2 is 2.36 bits per heavy atom. The van der Waals surface area contributed by atoms with Crippen LogP contribution in [-0.4, -0.2) is 34.3 Å². The van der Waals surface area contributed by atoms with Crippen LogP contribution in [0.5, 0.6) is 0 Å². The van der Waals surface area contributed by atoms with Crippen LogP contribution in [0.25, 0.3) is 0 Å². The molecular formula is C15H16BN3O3. The molecule has 0 fully saturated rings. The SMILES string of the molecule is O=C(NC1CCc2[nH]ncc2C1)c1ccc2c(c1)B(O)OC2. The number of H-pyrrole nitrogens is 1. The highest BCUT2D eigenvalue weighted by atomic mass is 16.5. The molecule has 1 aliphatic heterocycles. The lowest BCUT2D eigenvalue weighted by Crippen LogP contribution is -2.39. The van der Waals surface area contributed by atoms with Crippen molar-refractivity contribution in [1.29, 1.82) is 0 Å². The number of amides is 1. The van der Waals surface area contributed by atoms with Gasteiger partial charge in [0.1, 0.15) is 0 Å². The van der Waals surface area contributed by atoms with Crippen LogP contribution in [0.1, 0.15) is 33.6 Å². The number of aromatic nitrogens is 2. The fourth-order valence-corrected chi connectivity index (χ4v) is 3.16. The predicted octanol–water partition coefficient (Wildman–Crippen LogP) is -0.0853. The van der Waals surface area contributed by atoms with Crippen molar-refractivity contribution in [2.45, 2.75) is 31.9 Å². The normalized spacial score (nSPS) is 19.7. The summed E-state index contributed by atoms with van der Waals surface area (Å²) in [6.07, 6.45) is 4.43. The number of rotatable bonds is 2. The second-order valence-electron chi connectivity index (χ2n) is 5.86. The van der Waals surface area contributed by atoms with E-state index < -0.39 is 7.12 Å². The summed E-state index contributed by atoms with van der Waals surface area (Å²) in [4.78, 5) is 12.4. The third-order valence-electron chi connectivity index (χ3n) is 4.42. The van der Waals surface area contributed by atoms with Gasteiger partial charge in [-0.3, -0.25) is 9.89 Å². The molecule has 2 aromatic rings. The Bertz CT molecular complexity index is 731. The molecule has 0 radical (unpaired) electrons. The van der Waals surface area contributed by atoms with Crippen LogP contribution in [0.15, 0.2) is 24.4 Å². The monoisotopic (exact) mass is 297 g/mol. The summed E-state index contributed by atoms with van der Waals surface area (Å²) in [6.45, 7) is 0.393. The minimum atomic E-state index is -0.925. The lowest BCUT2D eigenvalue weighted by Gasteiger charge is -2.23. The lowest BCUT2D eigenvalue weighted by atomic mass is 9.78. The van der Waals surface area contributed by atoms with Gasteiger partial charge in [0.15, 0.2) is 0 Å². The van der Waals surface area contributed by atoms with E-state index in [9.17, 15) is 9.82 Å². The molecule has 2 heterocycles. The number of aromatic amines is 1. The predicted molar refractivity (Wildman–Crippen MR) is 80.7 cm³/mol. The van der Waals surface area contributed by atoms with E-state index in [-0.39, 0.29) is 11.9 Å². The second-order valence-corrected chi connectivity index (χ2v) is 5.86. The van der Waals surface area contributed by atoms with Crippen LogP contribution in [0.3, 0.4) is 0 Å². The molecule has 6 nitrogen and oxygen atoms in total. The molecule has 1 aromatic heterocycles. The number of aryl methyl sites for hydroxylation is 1. The van der Waals surface area contributed by atoms with Gasteiger partial charge in [-0.1, -0.05) is 6.07 Å². The maximum atomic E-state index is 12.4. The Morgan fingerprint density at radius 3 is 3.27 bits per heavy atom. The van der Waals surface area contributed by atoms with Crippen LogP contribution in [0, 0.1) is 0 Å². The quantitative estimate of drug-likeness (QED) is 0.676. The van der Waals surface area contributed by atoms with E-state index in [1.165, 1.54) is 11.3 Å². The minimum Gasteiger partial charge on any atom is -0.423 e. The third-order valence-corrected chi connectivity index (χ3v) is 4.42. The Kier molecular flexibility index (Phi) is 3.24. The van der Waals surface area contributed by atoms with Gasteiger partial charge in [0, 0.05) is 17.3 Å². The van der Waals surface area contributed by atoms with E-state index in [0.29, 0.717) is 17.6 Å². The van der Waals surface area contributed by atoms with Crippen molar-refractivity contribution in [3.63, 3.8) is 0 Å². The number of nitrogens with zero attached hydrogens (tertiary/aromatic N) is 1. The first kappa shape index (κ1) is 13.5. The molecule has 112 valence electrons. The molecule has 2 aliphatic rings. The van der Waals surface area contributed by atoms with Crippen molar-refractivity contribution >= 4 is 18.5 Å². The molecule has 4 rings (SSSR count). The molecule has 1 atom stereocenters. The van der Waals surface area contributed by atoms with Crippen molar-refractivity contribution in [3.8, 4) is 0 Å². The summed E-state index contributed by atoms with van der Waals surface area (Å²) in [5.74, 6) is -0.112. The van der Waals surface area contributed by atoms with E-state index in [4.69, 9.17) is 4.65 Å². The zero-order valence-corrected chi connectivity index (χ0v) is 12.0. The molecule has 0 saturated carbocycles. The smallest absolute Gasteiger partial charge is 0.423 e. The zero-order chi connectivity index (χ0) is 15.1. The first-order valence-electron chi connectivity index (χ1n) is 7.45. The Hall–Kier alpha value is -2.12. The van der Waals surface area contributed by atoms with Gasteiger partial charge in [-0.2, -0.15) is 5.10 Å². The molecule has 7 heteroatoms. The summed E-state index contributed by atoms with van der Waals surface area (Å²) in [6, 6.07) is 5.46. The van der Waals surface area contributed by atoms with Crippen LogP contribution >= 0.6 is 0 Å². The third kappa shape index (κ3) is 2.32. The largest absolute Gasteiger partial charge is 0.491 e. The maximum Gasteiger partial charge on any atom is 0.491 e. The number of hydrogen-bond acceptors (Lipinski definition) is 4. The topological polar surface area (TPSA) is 87.2 Å². The number of hydrogen-bond donors (Lipinski definition) is 3. The summed E-state index contributed by atoms with van der Waals surface area (Å²) in [7, 11) is -0.925. The molecule has 1 unspecified atom stereocenters. The van der Waals surface area contributed by atoms with Crippen LogP contribution in [-0.2, 0) is 24.1 Å².